The second-order valence-electron chi connectivity index (χ2n) is 5.23. The van der Waals surface area contributed by atoms with Gasteiger partial charge in [-0.15, -0.1) is 0 Å². The van der Waals surface area contributed by atoms with Crippen molar-refractivity contribution in [2.75, 3.05) is 4.72 Å². The average molecular weight is 321 g/mol. The first-order valence-electron chi connectivity index (χ1n) is 6.80. The Bertz CT molecular complexity index is 762. The first-order chi connectivity index (χ1) is 10.4. The Balaban J connectivity index is 2.42. The van der Waals surface area contributed by atoms with Gasteiger partial charge in [0.15, 0.2) is 0 Å². The van der Waals surface area contributed by atoms with Crippen molar-refractivity contribution in [2.24, 2.45) is 0 Å². The van der Waals surface area contributed by atoms with Gasteiger partial charge in [-0.1, -0.05) is 18.2 Å². The van der Waals surface area contributed by atoms with E-state index in [9.17, 15) is 18.6 Å². The molecule has 0 saturated carbocycles. The number of hydrogen-bond acceptors (Lipinski definition) is 4. The van der Waals surface area contributed by atoms with Crippen LogP contribution in [0.3, 0.4) is 0 Å². The van der Waals surface area contributed by atoms with Gasteiger partial charge >= 0.3 is 0 Å². The van der Waals surface area contributed by atoms with E-state index in [0.29, 0.717) is 22.4 Å². The van der Waals surface area contributed by atoms with Crippen LogP contribution in [0.4, 0.5) is 5.69 Å². The summed E-state index contributed by atoms with van der Waals surface area (Å²) in [6, 6.07) is 9.93. The van der Waals surface area contributed by atoms with E-state index < -0.39 is 10.0 Å². The highest BCUT2D eigenvalue weighted by Gasteiger charge is 2.17. The lowest BCUT2D eigenvalue weighted by Crippen LogP contribution is -2.15. The summed E-state index contributed by atoms with van der Waals surface area (Å²) in [7, 11) is -3.73. The van der Waals surface area contributed by atoms with Crippen LogP contribution in [0, 0.1) is 13.8 Å². The zero-order chi connectivity index (χ0) is 16.3. The molecule has 0 atom stereocenters. The number of aryl methyl sites for hydroxylation is 2. The summed E-state index contributed by atoms with van der Waals surface area (Å²) in [5, 5.41) is 18.4. The molecule has 0 aliphatic carbocycles. The van der Waals surface area contributed by atoms with Crippen molar-refractivity contribution in [1.29, 1.82) is 0 Å². The summed E-state index contributed by atoms with van der Waals surface area (Å²) < 4.78 is 27.6. The Labute approximate surface area is 130 Å². The lowest BCUT2D eigenvalue weighted by molar-refractivity contribution is 0.275. The van der Waals surface area contributed by atoms with Gasteiger partial charge in [0, 0.05) is 5.69 Å². The van der Waals surface area contributed by atoms with Gasteiger partial charge in [0.25, 0.3) is 10.0 Å². The molecule has 0 amide bonds. The van der Waals surface area contributed by atoms with Crippen LogP contribution in [-0.4, -0.2) is 18.6 Å². The minimum atomic E-state index is -3.73. The Kier molecular flexibility index (Phi) is 4.85. The number of aliphatic hydroxyl groups is 2. The molecule has 0 saturated heterocycles. The highest BCUT2D eigenvalue weighted by Crippen LogP contribution is 2.22. The van der Waals surface area contributed by atoms with Crippen molar-refractivity contribution in [3.05, 3.63) is 58.7 Å². The zero-order valence-corrected chi connectivity index (χ0v) is 13.3. The Morgan fingerprint density at radius 2 is 1.55 bits per heavy atom. The number of nitrogens with one attached hydrogen (secondary N) is 1. The van der Waals surface area contributed by atoms with E-state index >= 15 is 0 Å². The van der Waals surface area contributed by atoms with Gasteiger partial charge in [0.2, 0.25) is 0 Å². The second-order valence-corrected chi connectivity index (χ2v) is 6.88. The molecule has 118 valence electrons. The van der Waals surface area contributed by atoms with Crippen LogP contribution in [0.25, 0.3) is 0 Å². The zero-order valence-electron chi connectivity index (χ0n) is 12.5. The summed E-state index contributed by atoms with van der Waals surface area (Å²) in [6.45, 7) is 3.10. The SMILES string of the molecule is Cc1ccc(C)c(S(=O)(=O)Nc2cc(CO)cc(CO)c2)c1. The molecular weight excluding hydrogens is 302 g/mol. The van der Waals surface area contributed by atoms with E-state index in [1.807, 2.05) is 13.0 Å². The molecule has 0 aliphatic rings. The van der Waals surface area contributed by atoms with E-state index in [2.05, 4.69) is 4.72 Å². The molecule has 3 N–H and O–H groups in total. The van der Waals surface area contributed by atoms with Crippen LogP contribution in [0.15, 0.2) is 41.3 Å². The van der Waals surface area contributed by atoms with E-state index in [1.54, 1.807) is 37.3 Å². The van der Waals surface area contributed by atoms with Crippen molar-refractivity contribution in [3.63, 3.8) is 0 Å². The number of benzene rings is 2. The van der Waals surface area contributed by atoms with E-state index in [0.717, 1.165) is 5.56 Å². The molecule has 0 spiro atoms. The molecule has 0 aromatic heterocycles. The maximum absolute atomic E-state index is 12.5. The predicted molar refractivity (Wildman–Crippen MR) is 85.0 cm³/mol. The smallest absolute Gasteiger partial charge is 0.262 e. The number of rotatable bonds is 5. The van der Waals surface area contributed by atoms with Gasteiger partial charge in [0.1, 0.15) is 0 Å². The van der Waals surface area contributed by atoms with E-state index in [4.69, 9.17) is 0 Å². The fraction of sp³-hybridized carbons (Fsp3) is 0.250. The summed E-state index contributed by atoms with van der Waals surface area (Å²) >= 11 is 0. The van der Waals surface area contributed by atoms with Gasteiger partial charge in [-0.3, -0.25) is 4.72 Å². The summed E-state index contributed by atoms with van der Waals surface area (Å²) in [5.41, 5.74) is 2.89. The number of aliphatic hydroxyl groups excluding tert-OH is 2. The molecule has 0 aliphatic heterocycles. The van der Waals surface area contributed by atoms with Crippen LogP contribution in [0.1, 0.15) is 22.3 Å². The van der Waals surface area contributed by atoms with Crippen LogP contribution < -0.4 is 4.72 Å². The monoisotopic (exact) mass is 321 g/mol. The molecule has 2 rings (SSSR count). The van der Waals surface area contributed by atoms with Crippen molar-refractivity contribution >= 4 is 15.7 Å². The third-order valence-corrected chi connectivity index (χ3v) is 4.83. The minimum Gasteiger partial charge on any atom is -0.392 e. The molecule has 22 heavy (non-hydrogen) atoms. The molecule has 0 radical (unpaired) electrons. The molecule has 5 nitrogen and oxygen atoms in total. The predicted octanol–water partition coefficient (Wildman–Crippen LogP) is 2.09. The Morgan fingerprint density at radius 3 is 2.09 bits per heavy atom. The topological polar surface area (TPSA) is 86.6 Å². The molecule has 6 heteroatoms. The van der Waals surface area contributed by atoms with Gasteiger partial charge < -0.3 is 10.2 Å². The molecule has 0 bridgehead atoms. The van der Waals surface area contributed by atoms with Crippen LogP contribution >= 0.6 is 0 Å². The summed E-state index contributed by atoms with van der Waals surface area (Å²) in [5.74, 6) is 0. The minimum absolute atomic E-state index is 0.215. The molecule has 0 unspecified atom stereocenters. The van der Waals surface area contributed by atoms with Crippen molar-refractivity contribution < 1.29 is 18.6 Å². The number of hydrogen-bond donors (Lipinski definition) is 3. The van der Waals surface area contributed by atoms with Gasteiger partial charge in [-0.2, -0.15) is 0 Å². The quantitative estimate of drug-likeness (QED) is 0.787. The molecule has 2 aromatic carbocycles. The largest absolute Gasteiger partial charge is 0.392 e. The second kappa shape index (κ2) is 6.48. The lowest BCUT2D eigenvalue weighted by atomic mass is 10.1. The number of anilines is 1. The molecule has 0 fully saturated rings. The van der Waals surface area contributed by atoms with Gasteiger partial charge in [-0.05, 0) is 54.3 Å². The highest BCUT2D eigenvalue weighted by atomic mass is 32.2. The van der Waals surface area contributed by atoms with Crippen molar-refractivity contribution in [2.45, 2.75) is 32.0 Å². The fourth-order valence-corrected chi connectivity index (χ4v) is 3.58. The first-order valence-corrected chi connectivity index (χ1v) is 8.28. The molecule has 0 heterocycles. The molecule has 2 aromatic rings. The molecular formula is C16H19NO4S. The summed E-state index contributed by atoms with van der Waals surface area (Å²) in [6.07, 6.45) is 0. The Hall–Kier alpha value is -1.89. The van der Waals surface area contributed by atoms with Crippen LogP contribution in [-0.2, 0) is 23.2 Å². The maximum atomic E-state index is 12.5. The third-order valence-electron chi connectivity index (χ3n) is 3.30. The third kappa shape index (κ3) is 3.65. The van der Waals surface area contributed by atoms with Gasteiger partial charge in [-0.25, -0.2) is 8.42 Å². The van der Waals surface area contributed by atoms with Crippen LogP contribution in [0.5, 0.6) is 0 Å². The average Bonchev–Trinajstić information content (AvgIpc) is 2.48. The normalized spacial score (nSPS) is 11.5. The van der Waals surface area contributed by atoms with E-state index in [-0.39, 0.29) is 18.1 Å². The maximum Gasteiger partial charge on any atom is 0.262 e. The number of sulfonamides is 1. The standard InChI is InChI=1S/C16H19NO4S/c1-11-3-4-12(2)16(5-11)22(20,21)17-15-7-13(9-18)6-14(8-15)10-19/h3-8,17-19H,9-10H2,1-2H3. The van der Waals surface area contributed by atoms with Crippen molar-refractivity contribution in [1.82, 2.24) is 0 Å². The lowest BCUT2D eigenvalue weighted by Gasteiger charge is -2.13. The van der Waals surface area contributed by atoms with Gasteiger partial charge in [0.05, 0.1) is 18.1 Å². The highest BCUT2D eigenvalue weighted by molar-refractivity contribution is 7.92. The van der Waals surface area contributed by atoms with Crippen molar-refractivity contribution in [3.8, 4) is 0 Å². The van der Waals surface area contributed by atoms with Crippen LogP contribution in [0.2, 0.25) is 0 Å². The first kappa shape index (κ1) is 16.5. The summed E-state index contributed by atoms with van der Waals surface area (Å²) in [4.78, 5) is 0.215. The van der Waals surface area contributed by atoms with E-state index in [1.165, 1.54) is 0 Å². The Morgan fingerprint density at radius 1 is 0.955 bits per heavy atom. The fourth-order valence-electron chi connectivity index (χ4n) is 2.21.